The number of hydrogen-bond donors (Lipinski definition) is 0. The summed E-state index contributed by atoms with van der Waals surface area (Å²) in [5.74, 6) is 0.822. The minimum absolute atomic E-state index is 0.0988. The summed E-state index contributed by atoms with van der Waals surface area (Å²) in [6.45, 7) is 16.1. The van der Waals surface area contributed by atoms with Crippen LogP contribution in [0.1, 0.15) is 58.8 Å². The number of allylic oxidation sites excluding steroid dienone is 1. The van der Waals surface area contributed by atoms with Gasteiger partial charge in [-0.1, -0.05) is 47.3 Å². The Bertz CT molecular complexity index is 556. The minimum Gasteiger partial charge on any atom is -0.490 e. The normalized spacial score (nSPS) is 13.0. The molecule has 1 rings (SSSR count). The summed E-state index contributed by atoms with van der Waals surface area (Å²) >= 11 is 0. The van der Waals surface area contributed by atoms with Crippen LogP contribution in [0.3, 0.4) is 0 Å². The number of benzene rings is 1. The van der Waals surface area contributed by atoms with Crippen molar-refractivity contribution < 1.29 is 9.66 Å². The van der Waals surface area contributed by atoms with E-state index >= 15 is 0 Å². The maximum atomic E-state index is 11.3. The van der Waals surface area contributed by atoms with Gasteiger partial charge in [-0.2, -0.15) is 0 Å². The minimum atomic E-state index is -0.393. The number of ether oxygens (including phenoxy) is 1. The van der Waals surface area contributed by atoms with E-state index in [2.05, 4.69) is 27.4 Å². The van der Waals surface area contributed by atoms with Gasteiger partial charge in [-0.05, 0) is 30.4 Å². The Kier molecular flexibility index (Phi) is 5.75. The predicted octanol–water partition coefficient (Wildman–Crippen LogP) is 5.43. The first-order chi connectivity index (χ1) is 10.0. The highest BCUT2D eigenvalue weighted by molar-refractivity contribution is 5.44. The third-order valence-electron chi connectivity index (χ3n) is 3.43. The number of nitro groups is 1. The zero-order valence-corrected chi connectivity index (χ0v) is 14.5. The molecule has 0 spiro atoms. The fourth-order valence-electron chi connectivity index (χ4n) is 2.24. The van der Waals surface area contributed by atoms with E-state index in [4.69, 9.17) is 4.74 Å². The van der Waals surface area contributed by atoms with Crippen molar-refractivity contribution in [2.75, 3.05) is 0 Å². The second-order valence-corrected chi connectivity index (χ2v) is 7.27. The number of nitrogens with zero attached hydrogens (tertiary/aromatic N) is 1. The molecule has 0 N–H and O–H groups in total. The Labute approximate surface area is 133 Å². The van der Waals surface area contributed by atoms with Gasteiger partial charge < -0.3 is 4.74 Å². The second kappa shape index (κ2) is 6.95. The van der Waals surface area contributed by atoms with Gasteiger partial charge >= 0.3 is 0 Å². The summed E-state index contributed by atoms with van der Waals surface area (Å²) in [5, 5.41) is 11.3. The summed E-state index contributed by atoms with van der Waals surface area (Å²) in [6, 6.07) is 5.30. The molecule has 0 heterocycles. The first kappa shape index (κ1) is 18.2. The molecule has 0 saturated heterocycles. The topological polar surface area (TPSA) is 52.4 Å². The highest BCUT2D eigenvalue weighted by Crippen LogP contribution is 2.32. The lowest BCUT2D eigenvalue weighted by atomic mass is 9.87. The molecule has 0 aromatic heterocycles. The molecule has 0 bridgehead atoms. The molecule has 1 unspecified atom stereocenters. The summed E-state index contributed by atoms with van der Waals surface area (Å²) in [5.41, 5.74) is 1.91. The monoisotopic (exact) mass is 305 g/mol. The molecular weight excluding hydrogens is 278 g/mol. The molecule has 1 aromatic carbocycles. The van der Waals surface area contributed by atoms with E-state index in [1.54, 1.807) is 6.07 Å². The number of hydrogen-bond acceptors (Lipinski definition) is 3. The largest absolute Gasteiger partial charge is 0.490 e. The summed E-state index contributed by atoms with van der Waals surface area (Å²) in [6.07, 6.45) is 0.464. The fourth-order valence-corrected chi connectivity index (χ4v) is 2.24. The first-order valence-electron chi connectivity index (χ1n) is 7.64. The molecule has 0 saturated carbocycles. The van der Waals surface area contributed by atoms with Crippen molar-refractivity contribution in [3.8, 4) is 0 Å². The van der Waals surface area contributed by atoms with Crippen LogP contribution < -0.4 is 0 Å². The molecule has 0 aliphatic carbocycles. The predicted molar refractivity (Wildman–Crippen MR) is 89.7 cm³/mol. The van der Waals surface area contributed by atoms with Gasteiger partial charge in [0.1, 0.15) is 6.10 Å². The van der Waals surface area contributed by atoms with Gasteiger partial charge in [0.2, 0.25) is 0 Å². The van der Waals surface area contributed by atoms with E-state index in [1.165, 1.54) is 0 Å². The van der Waals surface area contributed by atoms with E-state index < -0.39 is 6.10 Å². The van der Waals surface area contributed by atoms with Crippen molar-refractivity contribution in [1.82, 2.24) is 0 Å². The van der Waals surface area contributed by atoms with Crippen LogP contribution in [0.4, 0.5) is 5.69 Å². The van der Waals surface area contributed by atoms with Crippen LogP contribution in [0.25, 0.3) is 0 Å². The van der Waals surface area contributed by atoms with Crippen LogP contribution in [0.2, 0.25) is 0 Å². The zero-order chi connectivity index (χ0) is 17.1. The Morgan fingerprint density at radius 3 is 2.36 bits per heavy atom. The third kappa shape index (κ3) is 5.17. The maximum Gasteiger partial charge on any atom is 0.276 e. The molecule has 4 heteroatoms. The average Bonchev–Trinajstić information content (AvgIpc) is 2.35. The van der Waals surface area contributed by atoms with Gasteiger partial charge in [0.25, 0.3) is 5.69 Å². The lowest BCUT2D eigenvalue weighted by molar-refractivity contribution is -0.386. The van der Waals surface area contributed by atoms with Gasteiger partial charge in [-0.3, -0.25) is 10.1 Å². The second-order valence-electron chi connectivity index (χ2n) is 7.27. The van der Waals surface area contributed by atoms with E-state index in [9.17, 15) is 10.1 Å². The lowest BCUT2D eigenvalue weighted by Crippen LogP contribution is -2.11. The van der Waals surface area contributed by atoms with Gasteiger partial charge in [-0.25, -0.2) is 0 Å². The zero-order valence-electron chi connectivity index (χ0n) is 14.5. The maximum absolute atomic E-state index is 11.3. The average molecular weight is 305 g/mol. The molecule has 122 valence electrons. The van der Waals surface area contributed by atoms with Crippen LogP contribution in [0, 0.1) is 21.4 Å². The summed E-state index contributed by atoms with van der Waals surface area (Å²) in [7, 11) is 0. The van der Waals surface area contributed by atoms with Crippen molar-refractivity contribution in [3.05, 3.63) is 51.8 Å². The molecule has 0 fully saturated rings. The molecule has 0 radical (unpaired) electrons. The molecule has 0 aliphatic rings. The molecule has 1 atom stereocenters. The Morgan fingerprint density at radius 1 is 1.32 bits per heavy atom. The number of rotatable bonds is 6. The molecular formula is C18H27NO3. The molecule has 1 aromatic rings. The first-order valence-corrected chi connectivity index (χ1v) is 7.64. The lowest BCUT2D eigenvalue weighted by Gasteiger charge is -2.21. The van der Waals surface area contributed by atoms with Crippen LogP contribution in [0.15, 0.2) is 30.5 Å². The highest BCUT2D eigenvalue weighted by Gasteiger charge is 2.23. The standard InChI is InChI=1S/C18H27NO3/c1-12(2)13(3)22-14(4)16-10-15(11-18(5,6)7)8-9-17(16)19(20)21/h8-10,12,14H,3,11H2,1-2,4-7H3. The fraction of sp³-hybridized carbons (Fsp3) is 0.556. The Hall–Kier alpha value is -1.84. The van der Waals surface area contributed by atoms with Crippen molar-refractivity contribution in [2.24, 2.45) is 11.3 Å². The smallest absolute Gasteiger partial charge is 0.276 e. The van der Waals surface area contributed by atoms with Crippen molar-refractivity contribution >= 4 is 5.69 Å². The van der Waals surface area contributed by atoms with E-state index in [-0.39, 0.29) is 21.9 Å². The highest BCUT2D eigenvalue weighted by atomic mass is 16.6. The van der Waals surface area contributed by atoms with E-state index in [0.29, 0.717) is 11.3 Å². The molecule has 0 aliphatic heterocycles. The number of nitro benzene ring substituents is 1. The van der Waals surface area contributed by atoms with Crippen LogP contribution in [-0.4, -0.2) is 4.92 Å². The van der Waals surface area contributed by atoms with Crippen LogP contribution in [0.5, 0.6) is 0 Å². The molecule has 4 nitrogen and oxygen atoms in total. The van der Waals surface area contributed by atoms with Crippen molar-refractivity contribution in [3.63, 3.8) is 0 Å². The SMILES string of the molecule is C=C(OC(C)c1cc(CC(C)(C)C)ccc1[N+](=O)[O-])C(C)C. The Morgan fingerprint density at radius 2 is 1.91 bits per heavy atom. The van der Waals surface area contributed by atoms with Gasteiger partial charge in [0, 0.05) is 12.0 Å². The third-order valence-corrected chi connectivity index (χ3v) is 3.43. The van der Waals surface area contributed by atoms with Gasteiger partial charge in [0.15, 0.2) is 0 Å². The van der Waals surface area contributed by atoms with Crippen LogP contribution in [-0.2, 0) is 11.2 Å². The molecule has 0 amide bonds. The summed E-state index contributed by atoms with van der Waals surface area (Å²) < 4.78 is 5.77. The van der Waals surface area contributed by atoms with Crippen molar-refractivity contribution in [1.29, 1.82) is 0 Å². The van der Waals surface area contributed by atoms with E-state index in [1.807, 2.05) is 32.9 Å². The summed E-state index contributed by atoms with van der Waals surface area (Å²) in [4.78, 5) is 10.9. The molecule has 22 heavy (non-hydrogen) atoms. The van der Waals surface area contributed by atoms with Crippen LogP contribution >= 0.6 is 0 Å². The Balaban J connectivity index is 3.15. The van der Waals surface area contributed by atoms with E-state index in [0.717, 1.165) is 12.0 Å². The van der Waals surface area contributed by atoms with Gasteiger partial charge in [-0.15, -0.1) is 0 Å². The quantitative estimate of drug-likeness (QED) is 0.400. The van der Waals surface area contributed by atoms with Crippen molar-refractivity contribution in [2.45, 2.75) is 54.1 Å². The van der Waals surface area contributed by atoms with Gasteiger partial charge in [0.05, 0.1) is 16.2 Å².